The third kappa shape index (κ3) is 4.67. The lowest BCUT2D eigenvalue weighted by atomic mass is 10.0. The Morgan fingerprint density at radius 3 is 2.81 bits per heavy atom. The monoisotopic (exact) mass is 431 g/mol. The number of hydrogen-bond donors (Lipinski definition) is 3. The lowest BCUT2D eigenvalue weighted by molar-refractivity contribution is 0.0952. The van der Waals surface area contributed by atoms with E-state index in [9.17, 15) is 15.0 Å². The third-order valence-corrected chi connectivity index (χ3v) is 5.48. The zero-order valence-corrected chi connectivity index (χ0v) is 17.8. The molecule has 1 aliphatic rings. The number of phenols is 2. The maximum Gasteiger partial charge on any atom is 0.275 e. The summed E-state index contributed by atoms with van der Waals surface area (Å²) in [6.45, 7) is 1.68. The highest BCUT2D eigenvalue weighted by molar-refractivity contribution is 5.97. The third-order valence-electron chi connectivity index (χ3n) is 5.48. The van der Waals surface area contributed by atoms with Crippen molar-refractivity contribution in [2.24, 2.45) is 5.10 Å². The highest BCUT2D eigenvalue weighted by Crippen LogP contribution is 2.30. The molecule has 0 saturated heterocycles. The minimum Gasteiger partial charge on any atom is -0.508 e. The van der Waals surface area contributed by atoms with Gasteiger partial charge in [0.1, 0.15) is 17.2 Å². The average Bonchev–Trinajstić information content (AvgIpc) is 2.79. The van der Waals surface area contributed by atoms with E-state index in [1.807, 2.05) is 18.2 Å². The van der Waals surface area contributed by atoms with Gasteiger partial charge in [-0.05, 0) is 60.4 Å². The van der Waals surface area contributed by atoms with E-state index in [0.717, 1.165) is 42.3 Å². The van der Waals surface area contributed by atoms with E-state index in [-0.39, 0.29) is 17.1 Å². The summed E-state index contributed by atoms with van der Waals surface area (Å²) in [6, 6.07) is 18.0. The van der Waals surface area contributed by atoms with Crippen molar-refractivity contribution in [3.05, 3.63) is 82.9 Å². The fourth-order valence-electron chi connectivity index (χ4n) is 3.92. The molecule has 1 aliphatic heterocycles. The van der Waals surface area contributed by atoms with Crippen molar-refractivity contribution in [1.29, 1.82) is 0 Å². The van der Waals surface area contributed by atoms with Crippen molar-refractivity contribution < 1.29 is 19.7 Å². The number of nitrogens with one attached hydrogen (secondary N) is 1. The van der Waals surface area contributed by atoms with Crippen LogP contribution in [0.3, 0.4) is 0 Å². The van der Waals surface area contributed by atoms with Gasteiger partial charge in [0.2, 0.25) is 0 Å². The number of hydrazone groups is 1. The molecule has 3 N–H and O–H groups in total. The summed E-state index contributed by atoms with van der Waals surface area (Å²) in [5, 5.41) is 23.2. The topological polar surface area (TPSA) is 94.4 Å². The Kier molecular flexibility index (Phi) is 6.26. The number of hydrogen-bond acceptors (Lipinski definition) is 6. The Morgan fingerprint density at radius 1 is 1.16 bits per heavy atom. The first kappa shape index (κ1) is 21.2. The average molecular weight is 431 g/mol. The Balaban J connectivity index is 1.49. The molecule has 0 atom stereocenters. The molecule has 0 fully saturated rings. The number of fused-ring (bicyclic) bond motifs is 1. The number of ether oxygens (including phenoxy) is 1. The molecule has 1 amide bonds. The zero-order chi connectivity index (χ0) is 22.5. The molecule has 0 spiro atoms. The highest BCUT2D eigenvalue weighted by Gasteiger charge is 2.18. The number of para-hydroxylation sites is 1. The van der Waals surface area contributed by atoms with E-state index in [2.05, 4.69) is 39.7 Å². The summed E-state index contributed by atoms with van der Waals surface area (Å²) in [6.07, 6.45) is 3.74. The van der Waals surface area contributed by atoms with Gasteiger partial charge in [-0.3, -0.25) is 4.79 Å². The first-order valence-corrected chi connectivity index (χ1v) is 10.4. The molecule has 0 aromatic heterocycles. The Hall–Kier alpha value is -4.00. The maximum absolute atomic E-state index is 12.2. The van der Waals surface area contributed by atoms with Crippen LogP contribution < -0.4 is 15.1 Å². The van der Waals surface area contributed by atoms with Gasteiger partial charge in [-0.1, -0.05) is 18.2 Å². The number of methoxy groups -OCH3 is 1. The molecule has 0 aliphatic carbocycles. The number of anilines is 1. The van der Waals surface area contributed by atoms with E-state index in [1.165, 1.54) is 23.4 Å². The van der Waals surface area contributed by atoms with Gasteiger partial charge in [0.15, 0.2) is 0 Å². The van der Waals surface area contributed by atoms with Crippen LogP contribution in [0.5, 0.6) is 17.2 Å². The van der Waals surface area contributed by atoms with Crippen LogP contribution in [-0.4, -0.2) is 36.0 Å². The van der Waals surface area contributed by atoms with Crippen LogP contribution in [0.2, 0.25) is 0 Å². The number of phenolic OH excluding ortho intramolecular Hbond substituents is 2. The van der Waals surface area contributed by atoms with E-state index in [1.54, 1.807) is 13.3 Å². The summed E-state index contributed by atoms with van der Waals surface area (Å²) in [7, 11) is 1.65. The normalized spacial score (nSPS) is 13.1. The van der Waals surface area contributed by atoms with E-state index in [0.29, 0.717) is 6.54 Å². The van der Waals surface area contributed by atoms with Crippen LogP contribution in [0.4, 0.5) is 5.69 Å². The molecule has 7 heteroatoms. The molecular formula is C25H25N3O4. The number of aromatic hydroxyl groups is 2. The molecule has 0 radical (unpaired) electrons. The lowest BCUT2D eigenvalue weighted by Gasteiger charge is -2.31. The Morgan fingerprint density at radius 2 is 2.00 bits per heavy atom. The molecule has 0 bridgehead atoms. The van der Waals surface area contributed by atoms with Crippen molar-refractivity contribution in [2.75, 3.05) is 18.6 Å². The Labute approximate surface area is 186 Å². The summed E-state index contributed by atoms with van der Waals surface area (Å²) < 4.78 is 5.56. The molecule has 0 unspecified atom stereocenters. The lowest BCUT2D eigenvalue weighted by Crippen LogP contribution is -2.29. The van der Waals surface area contributed by atoms with Gasteiger partial charge in [0, 0.05) is 30.4 Å². The largest absolute Gasteiger partial charge is 0.508 e. The molecule has 164 valence electrons. The number of rotatable bonds is 6. The second kappa shape index (κ2) is 9.43. The molecule has 4 rings (SSSR count). The summed E-state index contributed by atoms with van der Waals surface area (Å²) in [4.78, 5) is 14.6. The van der Waals surface area contributed by atoms with Crippen LogP contribution in [0.25, 0.3) is 0 Å². The number of aryl methyl sites for hydroxylation is 1. The van der Waals surface area contributed by atoms with E-state index >= 15 is 0 Å². The predicted molar refractivity (Wildman–Crippen MR) is 124 cm³/mol. The zero-order valence-electron chi connectivity index (χ0n) is 17.8. The predicted octanol–water partition coefficient (Wildman–Crippen LogP) is 3.82. The van der Waals surface area contributed by atoms with Crippen LogP contribution in [0.1, 0.15) is 33.5 Å². The number of benzene rings is 3. The molecule has 3 aromatic rings. The van der Waals surface area contributed by atoms with Crippen LogP contribution in [-0.2, 0) is 13.0 Å². The summed E-state index contributed by atoms with van der Waals surface area (Å²) in [5.74, 6) is -0.212. The van der Waals surface area contributed by atoms with Crippen molar-refractivity contribution in [2.45, 2.75) is 19.4 Å². The van der Waals surface area contributed by atoms with E-state index in [4.69, 9.17) is 4.74 Å². The van der Waals surface area contributed by atoms with Gasteiger partial charge < -0.3 is 19.8 Å². The fourth-order valence-corrected chi connectivity index (χ4v) is 3.92. The quantitative estimate of drug-likeness (QED) is 0.407. The first-order valence-electron chi connectivity index (χ1n) is 10.4. The molecule has 3 aromatic carbocycles. The van der Waals surface area contributed by atoms with Gasteiger partial charge in [-0.25, -0.2) is 5.43 Å². The number of amides is 1. The number of nitrogens with zero attached hydrogens (tertiary/aromatic N) is 2. The molecule has 0 saturated carbocycles. The van der Waals surface area contributed by atoms with Crippen LogP contribution in [0, 0.1) is 0 Å². The number of carbonyl (C=O) groups is 1. The highest BCUT2D eigenvalue weighted by atomic mass is 16.5. The van der Waals surface area contributed by atoms with Gasteiger partial charge in [0.25, 0.3) is 5.91 Å². The van der Waals surface area contributed by atoms with Gasteiger partial charge in [-0.2, -0.15) is 5.10 Å². The molecular weight excluding hydrogens is 406 g/mol. The van der Waals surface area contributed by atoms with Crippen molar-refractivity contribution in [1.82, 2.24) is 5.43 Å². The standard InChI is InChI=1S/C25H25N3O4/c1-32-24-11-8-17(15-26-27-25(31)21-10-9-20(29)14-23(21)30)13-19(24)16-28-12-4-6-18-5-2-3-7-22(18)28/h2-3,5,7-11,13-15,29-30H,4,6,12,16H2,1H3,(H,27,31)/b26-15+. The smallest absolute Gasteiger partial charge is 0.275 e. The molecule has 1 heterocycles. The van der Waals surface area contributed by atoms with Gasteiger partial charge in [0.05, 0.1) is 18.9 Å². The van der Waals surface area contributed by atoms with E-state index < -0.39 is 5.91 Å². The van der Waals surface area contributed by atoms with Gasteiger partial charge >= 0.3 is 0 Å². The second-order valence-electron chi connectivity index (χ2n) is 7.63. The summed E-state index contributed by atoms with van der Waals surface area (Å²) in [5.41, 5.74) is 6.86. The minimum atomic E-state index is -0.572. The van der Waals surface area contributed by atoms with Crippen LogP contribution in [0.15, 0.2) is 65.8 Å². The Bertz CT molecular complexity index is 1160. The fraction of sp³-hybridized carbons (Fsp3) is 0.200. The van der Waals surface area contributed by atoms with Crippen molar-refractivity contribution in [3.63, 3.8) is 0 Å². The number of carbonyl (C=O) groups excluding carboxylic acids is 1. The molecule has 7 nitrogen and oxygen atoms in total. The molecule has 32 heavy (non-hydrogen) atoms. The van der Waals surface area contributed by atoms with Crippen molar-refractivity contribution in [3.8, 4) is 17.2 Å². The van der Waals surface area contributed by atoms with Crippen molar-refractivity contribution >= 4 is 17.8 Å². The van der Waals surface area contributed by atoms with Gasteiger partial charge in [-0.15, -0.1) is 0 Å². The first-order chi connectivity index (χ1) is 15.5. The van der Waals surface area contributed by atoms with Crippen LogP contribution >= 0.6 is 0 Å². The maximum atomic E-state index is 12.2. The SMILES string of the molecule is COc1ccc(/C=N/NC(=O)c2ccc(O)cc2O)cc1CN1CCCc2ccccc21. The minimum absolute atomic E-state index is 0.0270. The second-order valence-corrected chi connectivity index (χ2v) is 7.63. The summed E-state index contributed by atoms with van der Waals surface area (Å²) >= 11 is 0.